The molecule has 0 aromatic rings. The highest BCUT2D eigenvalue weighted by atomic mass is 16.8. The highest BCUT2D eigenvalue weighted by Gasteiger charge is 2.76. The Bertz CT molecular complexity index is 2050. The Labute approximate surface area is 409 Å². The van der Waals surface area contributed by atoms with E-state index in [-0.39, 0.29) is 28.8 Å². The normalized spacial score (nSPS) is 46.2. The van der Waals surface area contributed by atoms with Crippen LogP contribution in [0.25, 0.3) is 0 Å². The Morgan fingerprint density at radius 1 is 0.671 bits per heavy atom. The van der Waals surface area contributed by atoms with Gasteiger partial charge in [0.2, 0.25) is 0 Å². The summed E-state index contributed by atoms with van der Waals surface area (Å²) in [5, 5.41) is 12.9. The minimum atomic E-state index is -1.61. The van der Waals surface area contributed by atoms with Crippen LogP contribution >= 0.6 is 0 Å². The lowest BCUT2D eigenvalue weighted by Gasteiger charge is -2.60. The van der Waals surface area contributed by atoms with Gasteiger partial charge in [-0.3, -0.25) is 28.8 Å². The van der Waals surface area contributed by atoms with Crippen molar-refractivity contribution in [2.45, 2.75) is 219 Å². The van der Waals surface area contributed by atoms with E-state index in [2.05, 4.69) is 33.8 Å². The summed E-state index contributed by atoms with van der Waals surface area (Å²) in [6, 6.07) is 0. The summed E-state index contributed by atoms with van der Waals surface area (Å²) in [7, 11) is 0. The topological polar surface area (TPSA) is 233 Å². The maximum Gasteiger partial charge on any atom is 0.303 e. The number of carbonyl (C=O) groups excluding carboxylic acids is 6. The van der Waals surface area contributed by atoms with Crippen LogP contribution in [0.2, 0.25) is 0 Å². The third-order valence-electron chi connectivity index (χ3n) is 17.5. The van der Waals surface area contributed by atoms with Gasteiger partial charge in [0.05, 0.1) is 24.9 Å². The largest absolute Gasteiger partial charge is 0.463 e. The van der Waals surface area contributed by atoms with E-state index in [0.29, 0.717) is 37.2 Å². The number of hydrogen-bond acceptors (Lipinski definition) is 19. The molecule has 70 heavy (non-hydrogen) atoms. The number of aliphatic hydroxyl groups is 1. The van der Waals surface area contributed by atoms with E-state index in [4.69, 9.17) is 56.8 Å². The first-order valence-corrected chi connectivity index (χ1v) is 25.3. The quantitative estimate of drug-likeness (QED) is 0.164. The minimum Gasteiger partial charge on any atom is -0.463 e. The van der Waals surface area contributed by atoms with E-state index in [0.717, 1.165) is 79.6 Å². The van der Waals surface area contributed by atoms with E-state index in [9.17, 15) is 33.9 Å². The summed E-state index contributed by atoms with van der Waals surface area (Å²) in [5.74, 6) is -4.06. The van der Waals surface area contributed by atoms with Gasteiger partial charge in [0, 0.05) is 59.3 Å². The molecule has 4 aliphatic carbocycles. The lowest BCUT2D eigenvalue weighted by atomic mass is 9.46. The molecular weight excluding hydrogens is 917 g/mol. The smallest absolute Gasteiger partial charge is 0.303 e. The molecule has 3 saturated carbocycles. The van der Waals surface area contributed by atoms with E-state index in [1.165, 1.54) is 12.5 Å². The van der Waals surface area contributed by atoms with Crippen molar-refractivity contribution in [3.63, 3.8) is 0 Å². The molecule has 19 nitrogen and oxygen atoms in total. The fraction of sp³-hybridized carbons (Fsp3) is 0.843. The zero-order valence-corrected chi connectivity index (χ0v) is 42.5. The van der Waals surface area contributed by atoms with Crippen LogP contribution in [0.15, 0.2) is 11.6 Å². The molecule has 19 heteroatoms. The van der Waals surface area contributed by atoms with Crippen LogP contribution < -0.4 is 0 Å². The van der Waals surface area contributed by atoms with Crippen molar-refractivity contribution >= 4 is 35.8 Å². The van der Waals surface area contributed by atoms with Crippen molar-refractivity contribution in [1.29, 1.82) is 0 Å². The number of allylic oxidation sites excluding steroid dienone is 1. The lowest BCUT2D eigenvalue weighted by Crippen LogP contribution is -2.67. The average molecular weight is 991 g/mol. The first kappa shape index (κ1) is 52.6. The molecule has 0 aromatic carbocycles. The standard InChI is InChI=1S/C51H74O19/c1-24-14-19-50(60-22-24)26(3)51(58)39(70-50)21-37-35-13-12-33-20-34(15-17-48(33,10)36(35)16-18-49(37,51)11)67-47-45(43(65-31(8)56)41(63-29(6)54)38(68-47)23-59-27(4)52)69-46-44(66-32(9)57)42(64-30(7)55)40(25(2)61-46)62-28(5)53/h12,24-26,34-47,58H,13-23H2,1-11H3. The van der Waals surface area contributed by atoms with Crippen LogP contribution in [-0.2, 0) is 85.6 Å². The summed E-state index contributed by atoms with van der Waals surface area (Å²) in [6.45, 7) is 17.7. The molecule has 21 unspecified atom stereocenters. The van der Waals surface area contributed by atoms with Gasteiger partial charge >= 0.3 is 35.8 Å². The first-order valence-electron chi connectivity index (χ1n) is 25.3. The highest BCUT2D eigenvalue weighted by Crippen LogP contribution is 2.72. The molecule has 8 rings (SSSR count). The number of carbonyl (C=O) groups is 6. The monoisotopic (exact) mass is 990 g/mol. The highest BCUT2D eigenvalue weighted by molar-refractivity contribution is 5.69. The van der Waals surface area contributed by atoms with Crippen molar-refractivity contribution in [2.24, 2.45) is 40.4 Å². The number of fused-ring (bicyclic) bond motifs is 7. The number of hydrogen-bond donors (Lipinski definition) is 1. The SMILES string of the molecule is CC(=O)OCC1OC(OC2CCC3(C)C(=CCC4C3CCC3(C)C4CC4OC5(CCC(C)CO5)C(C)C43O)C2)C(OC2OC(C)C(OC(C)=O)C(OC(C)=O)C2OC(C)=O)C(OC(C)=O)C1OC(C)=O. The summed E-state index contributed by atoms with van der Waals surface area (Å²) in [6.07, 6.45) is -5.25. The first-order chi connectivity index (χ1) is 32.9. The summed E-state index contributed by atoms with van der Waals surface area (Å²) < 4.78 is 73.5. The van der Waals surface area contributed by atoms with Gasteiger partial charge in [-0.25, -0.2) is 0 Å². The van der Waals surface area contributed by atoms with E-state index >= 15 is 0 Å². The maximum atomic E-state index is 13.0. The van der Waals surface area contributed by atoms with Gasteiger partial charge in [-0.1, -0.05) is 39.3 Å². The Morgan fingerprint density at radius 3 is 1.89 bits per heavy atom. The second kappa shape index (κ2) is 19.9. The molecule has 0 aromatic heterocycles. The molecule has 4 aliphatic heterocycles. The predicted molar refractivity (Wildman–Crippen MR) is 240 cm³/mol. The van der Waals surface area contributed by atoms with Crippen molar-refractivity contribution in [3.05, 3.63) is 11.6 Å². The van der Waals surface area contributed by atoms with E-state index in [1.807, 2.05) is 0 Å². The number of esters is 6. The van der Waals surface area contributed by atoms with Crippen molar-refractivity contribution in [2.75, 3.05) is 13.2 Å². The molecule has 21 atom stereocenters. The lowest BCUT2D eigenvalue weighted by molar-refractivity contribution is -0.370. The molecule has 0 radical (unpaired) electrons. The van der Waals surface area contributed by atoms with Crippen LogP contribution in [0, 0.1) is 40.4 Å². The molecule has 1 spiro atoms. The van der Waals surface area contributed by atoms with Crippen molar-refractivity contribution in [1.82, 2.24) is 0 Å². The molecular formula is C51H74O19. The van der Waals surface area contributed by atoms with Gasteiger partial charge in [-0.05, 0) is 87.4 Å². The molecule has 4 heterocycles. The van der Waals surface area contributed by atoms with Gasteiger partial charge in [-0.15, -0.1) is 0 Å². The van der Waals surface area contributed by atoms with Crippen LogP contribution in [0.4, 0.5) is 0 Å². The van der Waals surface area contributed by atoms with Gasteiger partial charge in [-0.2, -0.15) is 0 Å². The molecule has 4 saturated heterocycles. The van der Waals surface area contributed by atoms with Gasteiger partial charge < -0.3 is 61.9 Å². The third-order valence-corrected chi connectivity index (χ3v) is 17.5. The minimum absolute atomic E-state index is 0.163. The van der Waals surface area contributed by atoms with Crippen molar-refractivity contribution < 1.29 is 90.7 Å². The summed E-state index contributed by atoms with van der Waals surface area (Å²) in [4.78, 5) is 75.3. The molecule has 0 amide bonds. The van der Waals surface area contributed by atoms with Crippen LogP contribution in [-0.4, -0.2) is 139 Å². The maximum absolute atomic E-state index is 13.0. The Balaban J connectivity index is 1.08. The number of ether oxygens (including phenoxy) is 12. The second-order valence-electron chi connectivity index (χ2n) is 21.9. The molecule has 0 bridgehead atoms. The average Bonchev–Trinajstić information content (AvgIpc) is 3.62. The fourth-order valence-electron chi connectivity index (χ4n) is 14.2. The van der Waals surface area contributed by atoms with E-state index in [1.54, 1.807) is 6.92 Å². The third kappa shape index (κ3) is 9.54. The molecule has 392 valence electrons. The predicted octanol–water partition coefficient (Wildman–Crippen LogP) is 4.93. The van der Waals surface area contributed by atoms with Gasteiger partial charge in [0.1, 0.15) is 18.3 Å². The molecule has 1 N–H and O–H groups in total. The summed E-state index contributed by atoms with van der Waals surface area (Å²) in [5.41, 5.74) is -0.273. The van der Waals surface area contributed by atoms with E-state index < -0.39 is 121 Å². The second-order valence-corrected chi connectivity index (χ2v) is 21.9. The van der Waals surface area contributed by atoms with Crippen LogP contribution in [0.5, 0.6) is 0 Å². The van der Waals surface area contributed by atoms with Crippen LogP contribution in [0.1, 0.15) is 134 Å². The van der Waals surface area contributed by atoms with Crippen LogP contribution in [0.3, 0.4) is 0 Å². The Hall–Kier alpha value is -3.72. The fourth-order valence-corrected chi connectivity index (χ4v) is 14.2. The van der Waals surface area contributed by atoms with Crippen molar-refractivity contribution in [3.8, 4) is 0 Å². The zero-order valence-electron chi connectivity index (χ0n) is 42.5. The number of rotatable bonds is 11. The Morgan fingerprint density at radius 2 is 1.27 bits per heavy atom. The van der Waals surface area contributed by atoms with Gasteiger partial charge in [0.15, 0.2) is 55.0 Å². The zero-order chi connectivity index (χ0) is 50.8. The van der Waals surface area contributed by atoms with Gasteiger partial charge in [0.25, 0.3) is 0 Å². The molecule has 7 fully saturated rings. The Kier molecular flexibility index (Phi) is 15.0. The molecule has 8 aliphatic rings. The summed E-state index contributed by atoms with van der Waals surface area (Å²) >= 11 is 0.